The molecule has 0 aliphatic heterocycles. The molecule has 0 aliphatic carbocycles. The first-order valence-corrected chi connectivity index (χ1v) is 7.26. The second kappa shape index (κ2) is 6.29. The van der Waals surface area contributed by atoms with Gasteiger partial charge in [0.25, 0.3) is 5.91 Å². The van der Waals surface area contributed by atoms with Gasteiger partial charge in [-0.2, -0.15) is 0 Å². The number of benzene rings is 2. The monoisotopic (exact) mass is 352 g/mol. The summed E-state index contributed by atoms with van der Waals surface area (Å²) in [5, 5.41) is 3.33. The molecule has 1 unspecified atom stereocenters. The van der Waals surface area contributed by atoms with Gasteiger partial charge in [0.15, 0.2) is 0 Å². The fourth-order valence-corrected chi connectivity index (χ4v) is 2.40. The molecule has 0 spiro atoms. The molecule has 1 atom stereocenters. The molecule has 3 nitrogen and oxygen atoms in total. The number of rotatable bonds is 3. The number of nitrogen functional groups attached to an aromatic ring is 1. The average Bonchev–Trinajstić information content (AvgIpc) is 2.42. The lowest BCUT2D eigenvalue weighted by Gasteiger charge is -2.15. The number of nitrogens with two attached hydrogens (primary N) is 1. The fourth-order valence-electron chi connectivity index (χ4n) is 1.82. The molecule has 2 aromatic rings. The Hall–Kier alpha value is -1.52. The van der Waals surface area contributed by atoms with Gasteiger partial charge in [0, 0.05) is 10.2 Å². The number of amides is 1. The van der Waals surface area contributed by atoms with Crippen molar-refractivity contribution in [3.05, 3.63) is 63.1 Å². The summed E-state index contributed by atoms with van der Waals surface area (Å²) in [5.41, 5.74) is 7.77. The van der Waals surface area contributed by atoms with Gasteiger partial charge in [-0.15, -0.1) is 0 Å². The number of carbonyl (C=O) groups is 1. The minimum Gasteiger partial charge on any atom is -0.399 e. The van der Waals surface area contributed by atoms with E-state index in [9.17, 15) is 4.79 Å². The van der Waals surface area contributed by atoms with Crippen LogP contribution in [0, 0.1) is 0 Å². The summed E-state index contributed by atoms with van der Waals surface area (Å²) < 4.78 is 0.701. The summed E-state index contributed by atoms with van der Waals surface area (Å²) in [4.78, 5) is 12.2. The van der Waals surface area contributed by atoms with Crippen LogP contribution in [0.3, 0.4) is 0 Å². The van der Waals surface area contributed by atoms with Crippen molar-refractivity contribution in [2.24, 2.45) is 0 Å². The van der Waals surface area contributed by atoms with Crippen LogP contribution in [0.5, 0.6) is 0 Å². The third-order valence-corrected chi connectivity index (χ3v) is 4.28. The predicted octanol–water partition coefficient (Wildman–Crippen LogP) is 4.18. The van der Waals surface area contributed by atoms with Crippen LogP contribution in [0.15, 0.2) is 46.9 Å². The van der Waals surface area contributed by atoms with E-state index in [-0.39, 0.29) is 11.9 Å². The van der Waals surface area contributed by atoms with Crippen LogP contribution in [-0.4, -0.2) is 5.91 Å². The lowest BCUT2D eigenvalue weighted by molar-refractivity contribution is 0.0940. The molecule has 0 heterocycles. The van der Waals surface area contributed by atoms with Crippen molar-refractivity contribution in [2.75, 3.05) is 5.73 Å². The predicted molar refractivity (Wildman–Crippen MR) is 85.9 cm³/mol. The molecule has 2 aromatic carbocycles. The number of carbonyl (C=O) groups excluding carboxylic acids is 1. The van der Waals surface area contributed by atoms with Gasteiger partial charge in [0.05, 0.1) is 16.6 Å². The van der Waals surface area contributed by atoms with Crippen molar-refractivity contribution in [3.8, 4) is 0 Å². The maximum atomic E-state index is 12.2. The number of halogens is 2. The van der Waals surface area contributed by atoms with E-state index < -0.39 is 0 Å². The van der Waals surface area contributed by atoms with Crippen molar-refractivity contribution in [3.63, 3.8) is 0 Å². The number of nitrogens with one attached hydrogen (secondary N) is 1. The first-order valence-electron chi connectivity index (χ1n) is 6.09. The van der Waals surface area contributed by atoms with E-state index in [0.717, 1.165) is 5.56 Å². The van der Waals surface area contributed by atoms with Gasteiger partial charge in [-0.05, 0) is 52.7 Å². The Morgan fingerprint density at radius 2 is 1.90 bits per heavy atom. The van der Waals surface area contributed by atoms with E-state index in [0.29, 0.717) is 20.7 Å². The standard InChI is InChI=1S/C15H14BrClN2O/c1-9(10-5-7-11(18)8-6-10)19-15(20)12-3-2-4-13(16)14(12)17/h2-9H,18H2,1H3,(H,19,20). The molecule has 5 heteroatoms. The molecular formula is C15H14BrClN2O. The molecule has 1 amide bonds. The Kier molecular flexibility index (Phi) is 4.68. The molecule has 0 bridgehead atoms. The molecular weight excluding hydrogens is 340 g/mol. The third kappa shape index (κ3) is 3.32. The molecule has 0 aliphatic rings. The molecule has 0 radical (unpaired) electrons. The molecule has 2 rings (SSSR count). The SMILES string of the molecule is CC(NC(=O)c1cccc(Br)c1Cl)c1ccc(N)cc1. The van der Waals surface area contributed by atoms with E-state index in [1.54, 1.807) is 18.2 Å². The summed E-state index contributed by atoms with van der Waals surface area (Å²) in [6.45, 7) is 1.91. The number of anilines is 1. The number of hydrogen-bond donors (Lipinski definition) is 2. The Morgan fingerprint density at radius 3 is 2.55 bits per heavy atom. The van der Waals surface area contributed by atoms with Crippen molar-refractivity contribution < 1.29 is 4.79 Å². The first kappa shape index (κ1) is 14.9. The highest BCUT2D eigenvalue weighted by molar-refractivity contribution is 9.10. The van der Waals surface area contributed by atoms with E-state index >= 15 is 0 Å². The molecule has 0 fully saturated rings. The third-order valence-electron chi connectivity index (χ3n) is 2.98. The highest BCUT2D eigenvalue weighted by Gasteiger charge is 2.15. The van der Waals surface area contributed by atoms with Crippen LogP contribution in [0.4, 0.5) is 5.69 Å². The van der Waals surface area contributed by atoms with Crippen molar-refractivity contribution in [1.29, 1.82) is 0 Å². The molecule has 0 aromatic heterocycles. The van der Waals surface area contributed by atoms with Gasteiger partial charge >= 0.3 is 0 Å². The highest BCUT2D eigenvalue weighted by Crippen LogP contribution is 2.26. The molecule has 20 heavy (non-hydrogen) atoms. The van der Waals surface area contributed by atoms with Crippen LogP contribution in [0.25, 0.3) is 0 Å². The van der Waals surface area contributed by atoms with Crippen molar-refractivity contribution >= 4 is 39.1 Å². The Morgan fingerprint density at radius 1 is 1.25 bits per heavy atom. The fraction of sp³-hybridized carbons (Fsp3) is 0.133. The second-order valence-electron chi connectivity index (χ2n) is 4.46. The van der Waals surface area contributed by atoms with Gasteiger partial charge in [-0.25, -0.2) is 0 Å². The van der Waals surface area contributed by atoms with Crippen LogP contribution in [0.2, 0.25) is 5.02 Å². The zero-order chi connectivity index (χ0) is 14.7. The van der Waals surface area contributed by atoms with Gasteiger partial charge in [0.2, 0.25) is 0 Å². The van der Waals surface area contributed by atoms with E-state index in [2.05, 4.69) is 21.2 Å². The normalized spacial score (nSPS) is 11.9. The lowest BCUT2D eigenvalue weighted by atomic mass is 10.1. The maximum Gasteiger partial charge on any atom is 0.253 e. The van der Waals surface area contributed by atoms with Crippen LogP contribution in [-0.2, 0) is 0 Å². The van der Waals surface area contributed by atoms with Crippen molar-refractivity contribution in [1.82, 2.24) is 5.32 Å². The van der Waals surface area contributed by atoms with Crippen LogP contribution >= 0.6 is 27.5 Å². The summed E-state index contributed by atoms with van der Waals surface area (Å²) in [5.74, 6) is -0.208. The smallest absolute Gasteiger partial charge is 0.253 e. The van der Waals surface area contributed by atoms with Gasteiger partial charge in [-0.1, -0.05) is 29.8 Å². The molecule has 0 saturated heterocycles. The summed E-state index contributed by atoms with van der Waals surface area (Å²) >= 11 is 9.42. The minimum atomic E-state index is -0.208. The minimum absolute atomic E-state index is 0.127. The average molecular weight is 354 g/mol. The van der Waals surface area contributed by atoms with E-state index in [4.69, 9.17) is 17.3 Å². The van der Waals surface area contributed by atoms with Crippen LogP contribution in [0.1, 0.15) is 28.9 Å². The second-order valence-corrected chi connectivity index (χ2v) is 5.70. The lowest BCUT2D eigenvalue weighted by Crippen LogP contribution is -2.26. The topological polar surface area (TPSA) is 55.1 Å². The van der Waals surface area contributed by atoms with Crippen LogP contribution < -0.4 is 11.1 Å². The Bertz CT molecular complexity index is 628. The van der Waals surface area contributed by atoms with Gasteiger partial charge in [0.1, 0.15) is 0 Å². The zero-order valence-electron chi connectivity index (χ0n) is 10.9. The molecule has 104 valence electrons. The largest absolute Gasteiger partial charge is 0.399 e. The quantitative estimate of drug-likeness (QED) is 0.813. The van der Waals surface area contributed by atoms with Crippen molar-refractivity contribution in [2.45, 2.75) is 13.0 Å². The maximum absolute atomic E-state index is 12.2. The number of hydrogen-bond acceptors (Lipinski definition) is 2. The van der Waals surface area contributed by atoms with Gasteiger partial charge in [-0.3, -0.25) is 4.79 Å². The van der Waals surface area contributed by atoms with E-state index in [1.165, 1.54) is 0 Å². The summed E-state index contributed by atoms with van der Waals surface area (Å²) in [6, 6.07) is 12.5. The first-order chi connectivity index (χ1) is 9.49. The highest BCUT2D eigenvalue weighted by atomic mass is 79.9. The van der Waals surface area contributed by atoms with Gasteiger partial charge < -0.3 is 11.1 Å². The summed E-state index contributed by atoms with van der Waals surface area (Å²) in [6.07, 6.45) is 0. The molecule has 0 saturated carbocycles. The van der Waals surface area contributed by atoms with E-state index in [1.807, 2.05) is 31.2 Å². The zero-order valence-corrected chi connectivity index (χ0v) is 13.2. The summed E-state index contributed by atoms with van der Waals surface area (Å²) in [7, 11) is 0. The molecule has 3 N–H and O–H groups in total. The Balaban J connectivity index is 2.15. The Labute approximate surface area is 131 Å².